The number of carbonyl (C=O) groups excluding carboxylic acids is 1. The van der Waals surface area contributed by atoms with E-state index < -0.39 is 0 Å². The molecule has 0 spiro atoms. The first-order chi connectivity index (χ1) is 6.81. The van der Waals surface area contributed by atoms with Crippen LogP contribution in [-0.2, 0) is 11.2 Å². The first-order valence-electron chi connectivity index (χ1n) is 4.40. The van der Waals surface area contributed by atoms with Crippen molar-refractivity contribution in [2.24, 2.45) is 0 Å². The smallest absolute Gasteiger partial charge is 0.135 e. The van der Waals surface area contributed by atoms with Crippen LogP contribution in [0.3, 0.4) is 0 Å². The number of furan rings is 1. The van der Waals surface area contributed by atoms with Crippen molar-refractivity contribution in [1.82, 2.24) is 0 Å². The van der Waals surface area contributed by atoms with Gasteiger partial charge in [0.1, 0.15) is 18.1 Å². The Bertz CT molecular complexity index is 459. The van der Waals surface area contributed by atoms with Crippen molar-refractivity contribution in [3.63, 3.8) is 0 Å². The lowest BCUT2D eigenvalue weighted by Crippen LogP contribution is -1.85. The van der Waals surface area contributed by atoms with Crippen LogP contribution in [0.25, 0.3) is 11.0 Å². The Morgan fingerprint density at radius 1 is 1.43 bits per heavy atom. The number of fused-ring (bicyclic) bond motifs is 1. The maximum atomic E-state index is 10.2. The van der Waals surface area contributed by atoms with Crippen LogP contribution in [0.2, 0.25) is 0 Å². The zero-order valence-corrected chi connectivity index (χ0v) is 9.08. The molecule has 0 unspecified atom stereocenters. The van der Waals surface area contributed by atoms with Gasteiger partial charge < -0.3 is 9.21 Å². The summed E-state index contributed by atoms with van der Waals surface area (Å²) in [5.74, 6) is 0. The highest BCUT2D eigenvalue weighted by Crippen LogP contribution is 2.26. The molecule has 0 radical (unpaired) electrons. The summed E-state index contributed by atoms with van der Waals surface area (Å²) in [7, 11) is 0. The summed E-state index contributed by atoms with van der Waals surface area (Å²) in [4.78, 5) is 10.2. The highest BCUT2D eigenvalue weighted by Gasteiger charge is 2.03. The lowest BCUT2D eigenvalue weighted by molar-refractivity contribution is -0.107. The minimum atomic E-state index is 0.570. The molecule has 0 atom stereocenters. The Hall–Kier alpha value is -1.09. The van der Waals surface area contributed by atoms with Gasteiger partial charge >= 0.3 is 0 Å². The molecule has 0 saturated heterocycles. The van der Waals surface area contributed by atoms with Crippen LogP contribution < -0.4 is 0 Å². The molecule has 0 fully saturated rings. The van der Waals surface area contributed by atoms with E-state index >= 15 is 0 Å². The summed E-state index contributed by atoms with van der Waals surface area (Å²) in [6, 6.07) is 5.97. The van der Waals surface area contributed by atoms with Crippen LogP contribution in [0.5, 0.6) is 0 Å². The van der Waals surface area contributed by atoms with E-state index in [-0.39, 0.29) is 0 Å². The molecule has 0 N–H and O–H groups in total. The third kappa shape index (κ3) is 1.73. The molecule has 0 aliphatic heterocycles. The van der Waals surface area contributed by atoms with Gasteiger partial charge in [0, 0.05) is 11.8 Å². The van der Waals surface area contributed by atoms with E-state index in [0.29, 0.717) is 6.42 Å². The topological polar surface area (TPSA) is 30.2 Å². The maximum Gasteiger partial charge on any atom is 0.135 e. The van der Waals surface area contributed by atoms with E-state index in [4.69, 9.17) is 4.42 Å². The Labute approximate surface area is 90.0 Å². The number of aryl methyl sites for hydroxylation is 1. The summed E-state index contributed by atoms with van der Waals surface area (Å²) in [5.41, 5.74) is 2.03. The van der Waals surface area contributed by atoms with Gasteiger partial charge in [0.15, 0.2) is 0 Å². The van der Waals surface area contributed by atoms with Crippen LogP contribution >= 0.6 is 15.9 Å². The second kappa shape index (κ2) is 3.96. The van der Waals surface area contributed by atoms with Crippen LogP contribution in [0, 0.1) is 0 Å². The Morgan fingerprint density at radius 2 is 2.29 bits per heavy atom. The summed E-state index contributed by atoms with van der Waals surface area (Å²) in [5, 5.41) is 1.06. The predicted octanol–water partition coefficient (Wildman–Crippen LogP) is 3.33. The zero-order chi connectivity index (χ0) is 9.97. The van der Waals surface area contributed by atoms with E-state index in [1.807, 2.05) is 18.2 Å². The van der Waals surface area contributed by atoms with Crippen LogP contribution in [0.4, 0.5) is 0 Å². The van der Waals surface area contributed by atoms with E-state index in [1.165, 1.54) is 0 Å². The van der Waals surface area contributed by atoms with Crippen molar-refractivity contribution in [2.75, 3.05) is 0 Å². The van der Waals surface area contributed by atoms with E-state index in [1.54, 1.807) is 6.26 Å². The molecule has 0 amide bonds. The number of rotatable bonds is 3. The van der Waals surface area contributed by atoms with Gasteiger partial charge in [0.2, 0.25) is 0 Å². The molecule has 72 valence electrons. The largest absolute Gasteiger partial charge is 0.463 e. The fourth-order valence-electron chi connectivity index (χ4n) is 1.43. The zero-order valence-electron chi connectivity index (χ0n) is 7.50. The Kier molecular flexibility index (Phi) is 2.68. The van der Waals surface area contributed by atoms with Crippen molar-refractivity contribution in [2.45, 2.75) is 12.8 Å². The number of halogens is 1. The first-order valence-corrected chi connectivity index (χ1v) is 5.20. The van der Waals surface area contributed by atoms with Gasteiger partial charge in [0.25, 0.3) is 0 Å². The molecule has 1 aromatic heterocycles. The molecule has 14 heavy (non-hydrogen) atoms. The van der Waals surface area contributed by atoms with Gasteiger partial charge in [-0.15, -0.1) is 0 Å². The lowest BCUT2D eigenvalue weighted by Gasteiger charge is -1.97. The second-order valence-electron chi connectivity index (χ2n) is 3.12. The summed E-state index contributed by atoms with van der Waals surface area (Å²) >= 11 is 3.41. The van der Waals surface area contributed by atoms with Crippen molar-refractivity contribution >= 4 is 33.2 Å². The minimum Gasteiger partial charge on any atom is -0.463 e. The predicted molar refractivity (Wildman–Crippen MR) is 58.3 cm³/mol. The number of hydrogen-bond acceptors (Lipinski definition) is 2. The van der Waals surface area contributed by atoms with Crippen molar-refractivity contribution in [1.29, 1.82) is 0 Å². The van der Waals surface area contributed by atoms with Crippen molar-refractivity contribution < 1.29 is 9.21 Å². The first kappa shape index (κ1) is 9.46. The van der Waals surface area contributed by atoms with Gasteiger partial charge in [-0.3, -0.25) is 0 Å². The van der Waals surface area contributed by atoms with Gasteiger partial charge in [-0.2, -0.15) is 0 Å². The van der Waals surface area contributed by atoms with E-state index in [9.17, 15) is 4.79 Å². The maximum absolute atomic E-state index is 10.2. The third-order valence-corrected chi connectivity index (χ3v) is 2.76. The normalized spacial score (nSPS) is 10.6. The average Bonchev–Trinajstić information content (AvgIpc) is 2.57. The van der Waals surface area contributed by atoms with Gasteiger partial charge in [-0.1, -0.05) is 6.07 Å². The highest BCUT2D eigenvalue weighted by atomic mass is 79.9. The molecule has 0 aliphatic carbocycles. The molecule has 2 rings (SSSR count). The second-order valence-corrected chi connectivity index (χ2v) is 3.97. The Balaban J connectivity index is 2.39. The average molecular weight is 253 g/mol. The van der Waals surface area contributed by atoms with Crippen LogP contribution in [-0.4, -0.2) is 6.29 Å². The summed E-state index contributed by atoms with van der Waals surface area (Å²) in [6.45, 7) is 0. The molecular weight excluding hydrogens is 244 g/mol. The summed E-state index contributed by atoms with van der Waals surface area (Å²) in [6.07, 6.45) is 3.97. The molecule has 2 nitrogen and oxygen atoms in total. The van der Waals surface area contributed by atoms with Crippen molar-refractivity contribution in [3.8, 4) is 0 Å². The molecular formula is C11H9BrO2. The molecule has 0 aliphatic rings. The van der Waals surface area contributed by atoms with Crippen LogP contribution in [0.1, 0.15) is 12.0 Å². The minimum absolute atomic E-state index is 0.570. The number of benzene rings is 1. The fourth-order valence-corrected chi connectivity index (χ4v) is 1.83. The van der Waals surface area contributed by atoms with E-state index in [0.717, 1.165) is 33.7 Å². The van der Waals surface area contributed by atoms with Gasteiger partial charge in [0.05, 0.1) is 4.47 Å². The van der Waals surface area contributed by atoms with Gasteiger partial charge in [-0.05, 0) is 40.0 Å². The lowest BCUT2D eigenvalue weighted by atomic mass is 10.1. The highest BCUT2D eigenvalue weighted by molar-refractivity contribution is 9.10. The Morgan fingerprint density at radius 3 is 3.07 bits per heavy atom. The SMILES string of the molecule is O=CCCc1ccc2occ(Br)c2c1. The molecule has 0 bridgehead atoms. The van der Waals surface area contributed by atoms with Crippen molar-refractivity contribution in [3.05, 3.63) is 34.5 Å². The third-order valence-electron chi connectivity index (χ3n) is 2.14. The molecule has 3 heteroatoms. The molecule has 1 heterocycles. The van der Waals surface area contributed by atoms with E-state index in [2.05, 4.69) is 15.9 Å². The number of hydrogen-bond donors (Lipinski definition) is 0. The monoisotopic (exact) mass is 252 g/mol. The van der Waals surface area contributed by atoms with Gasteiger partial charge in [-0.25, -0.2) is 0 Å². The standard InChI is InChI=1S/C11H9BrO2/c12-10-7-14-11-4-3-8(2-1-5-13)6-9(10)11/h3-7H,1-2H2. The fraction of sp³-hybridized carbons (Fsp3) is 0.182. The number of aldehydes is 1. The summed E-state index contributed by atoms with van der Waals surface area (Å²) < 4.78 is 6.25. The molecule has 0 saturated carbocycles. The van der Waals surface area contributed by atoms with Crippen LogP contribution in [0.15, 0.2) is 33.4 Å². The molecule has 2 aromatic rings. The molecule has 1 aromatic carbocycles. The number of carbonyl (C=O) groups is 1. The quantitative estimate of drug-likeness (QED) is 0.785.